The summed E-state index contributed by atoms with van der Waals surface area (Å²) in [6.45, 7) is 0.839. The minimum atomic E-state index is -4.33. The summed E-state index contributed by atoms with van der Waals surface area (Å²) < 4.78 is 38.3. The molecule has 3 rings (SSSR count). The molecule has 1 aromatic carbocycles. The van der Waals surface area contributed by atoms with Crippen LogP contribution in [0, 0.1) is 0 Å². The number of alkyl halides is 3. The molecule has 0 aliphatic rings. The minimum Gasteiger partial charge on any atom is -0.308 e. The number of aromatic amines is 1. The zero-order chi connectivity index (χ0) is 17.3. The normalized spacial score (nSPS) is 12.2. The molecule has 0 aliphatic carbocycles. The number of hydrogen-bond donors (Lipinski definition) is 1. The Morgan fingerprint density at radius 1 is 1.17 bits per heavy atom. The van der Waals surface area contributed by atoms with Crippen molar-refractivity contribution in [3.05, 3.63) is 63.0 Å². The Morgan fingerprint density at radius 2 is 1.88 bits per heavy atom. The third kappa shape index (κ3) is 3.65. The van der Waals surface area contributed by atoms with Gasteiger partial charge in [-0.25, -0.2) is 4.98 Å². The molecule has 0 amide bonds. The lowest BCUT2D eigenvalue weighted by Crippen LogP contribution is -2.21. The molecule has 0 saturated carbocycles. The van der Waals surface area contributed by atoms with Crippen molar-refractivity contribution in [3.8, 4) is 0 Å². The first-order valence-corrected chi connectivity index (χ1v) is 8.02. The Labute approximate surface area is 139 Å². The second kappa shape index (κ2) is 6.37. The van der Waals surface area contributed by atoms with Crippen molar-refractivity contribution in [2.75, 3.05) is 7.05 Å². The van der Waals surface area contributed by atoms with E-state index < -0.39 is 11.7 Å². The van der Waals surface area contributed by atoms with E-state index in [1.165, 1.54) is 23.5 Å². The molecule has 0 spiro atoms. The molecule has 0 fully saturated rings. The maximum Gasteiger partial charge on any atom is 0.416 e. The number of nitrogens with zero attached hydrogens (tertiary/aromatic N) is 2. The van der Waals surface area contributed by atoms with Gasteiger partial charge < -0.3 is 4.98 Å². The van der Waals surface area contributed by atoms with Gasteiger partial charge in [-0.15, -0.1) is 11.3 Å². The van der Waals surface area contributed by atoms with Crippen LogP contribution in [0.15, 0.2) is 40.5 Å². The maximum atomic E-state index is 12.6. The van der Waals surface area contributed by atoms with E-state index in [2.05, 4.69) is 9.97 Å². The lowest BCUT2D eigenvalue weighted by atomic mass is 10.1. The lowest BCUT2D eigenvalue weighted by molar-refractivity contribution is -0.137. The monoisotopic (exact) mass is 353 g/mol. The van der Waals surface area contributed by atoms with E-state index >= 15 is 0 Å². The fourth-order valence-corrected chi connectivity index (χ4v) is 3.14. The summed E-state index contributed by atoms with van der Waals surface area (Å²) >= 11 is 1.34. The Morgan fingerprint density at radius 3 is 2.54 bits per heavy atom. The minimum absolute atomic E-state index is 0.173. The van der Waals surface area contributed by atoms with Crippen LogP contribution in [0.5, 0.6) is 0 Å². The molecule has 2 heterocycles. The molecule has 3 aromatic rings. The second-order valence-electron chi connectivity index (χ2n) is 5.51. The maximum absolute atomic E-state index is 12.6. The molecule has 24 heavy (non-hydrogen) atoms. The van der Waals surface area contributed by atoms with Gasteiger partial charge in [0, 0.05) is 6.54 Å². The topological polar surface area (TPSA) is 49.0 Å². The molecule has 0 radical (unpaired) electrons. The standard InChI is InChI=1S/C16H14F3N3OS/c1-22(8-10-2-4-11(5-3-10)16(17,18)19)9-13-20-12-6-7-24-14(12)15(23)21-13/h2-7H,8-9H2,1H3,(H,20,21,23). The first-order valence-electron chi connectivity index (χ1n) is 7.14. The smallest absolute Gasteiger partial charge is 0.308 e. The van der Waals surface area contributed by atoms with Crippen molar-refractivity contribution in [1.29, 1.82) is 0 Å². The van der Waals surface area contributed by atoms with Gasteiger partial charge in [-0.1, -0.05) is 12.1 Å². The number of benzene rings is 1. The van der Waals surface area contributed by atoms with Gasteiger partial charge in [0.15, 0.2) is 0 Å². The zero-order valence-electron chi connectivity index (χ0n) is 12.7. The predicted molar refractivity (Wildman–Crippen MR) is 86.9 cm³/mol. The van der Waals surface area contributed by atoms with Crippen molar-refractivity contribution in [2.24, 2.45) is 0 Å². The van der Waals surface area contributed by atoms with Crippen LogP contribution in [0.3, 0.4) is 0 Å². The molecular formula is C16H14F3N3OS. The average molecular weight is 353 g/mol. The fourth-order valence-electron chi connectivity index (χ4n) is 2.42. The number of thiophene rings is 1. The molecule has 8 heteroatoms. The van der Waals surface area contributed by atoms with Gasteiger partial charge in [0.1, 0.15) is 10.5 Å². The van der Waals surface area contributed by atoms with E-state index in [1.54, 1.807) is 6.07 Å². The molecule has 0 atom stereocenters. The van der Waals surface area contributed by atoms with Gasteiger partial charge in [-0.3, -0.25) is 9.69 Å². The molecule has 126 valence electrons. The number of H-pyrrole nitrogens is 1. The zero-order valence-corrected chi connectivity index (χ0v) is 13.5. The van der Waals surface area contributed by atoms with Gasteiger partial charge in [0.2, 0.25) is 0 Å². The van der Waals surface area contributed by atoms with Gasteiger partial charge >= 0.3 is 6.18 Å². The van der Waals surface area contributed by atoms with Crippen molar-refractivity contribution in [3.63, 3.8) is 0 Å². The van der Waals surface area contributed by atoms with Crippen molar-refractivity contribution in [2.45, 2.75) is 19.3 Å². The van der Waals surface area contributed by atoms with Crippen molar-refractivity contribution >= 4 is 21.6 Å². The van der Waals surface area contributed by atoms with Crippen LogP contribution in [0.4, 0.5) is 13.2 Å². The van der Waals surface area contributed by atoms with Crippen LogP contribution in [-0.4, -0.2) is 21.9 Å². The van der Waals surface area contributed by atoms with Gasteiger partial charge in [0.25, 0.3) is 5.56 Å². The summed E-state index contributed by atoms with van der Waals surface area (Å²) in [5.41, 5.74) is 0.571. The van der Waals surface area contributed by atoms with Crippen LogP contribution in [0.2, 0.25) is 0 Å². The Hall–Kier alpha value is -2.19. The van der Waals surface area contributed by atoms with Gasteiger partial charge in [-0.05, 0) is 36.2 Å². The number of rotatable bonds is 4. The third-order valence-corrected chi connectivity index (χ3v) is 4.42. The third-order valence-electron chi connectivity index (χ3n) is 3.52. The van der Waals surface area contributed by atoms with E-state index in [0.29, 0.717) is 29.1 Å². The molecular weight excluding hydrogens is 339 g/mol. The number of nitrogens with one attached hydrogen (secondary N) is 1. The highest BCUT2D eigenvalue weighted by atomic mass is 32.1. The Balaban J connectivity index is 1.70. The van der Waals surface area contributed by atoms with E-state index in [9.17, 15) is 18.0 Å². The van der Waals surface area contributed by atoms with E-state index in [1.807, 2.05) is 17.3 Å². The van der Waals surface area contributed by atoms with E-state index in [4.69, 9.17) is 0 Å². The van der Waals surface area contributed by atoms with Crippen molar-refractivity contribution < 1.29 is 13.2 Å². The van der Waals surface area contributed by atoms with E-state index in [0.717, 1.165) is 17.7 Å². The van der Waals surface area contributed by atoms with Crippen molar-refractivity contribution in [1.82, 2.24) is 14.9 Å². The largest absolute Gasteiger partial charge is 0.416 e. The summed E-state index contributed by atoms with van der Waals surface area (Å²) in [6, 6.07) is 6.84. The molecule has 2 aromatic heterocycles. The van der Waals surface area contributed by atoms with E-state index in [-0.39, 0.29) is 5.56 Å². The Kier molecular flexibility index (Phi) is 4.42. The van der Waals surface area contributed by atoms with Gasteiger partial charge in [0.05, 0.1) is 17.6 Å². The molecule has 0 unspecified atom stereocenters. The number of aromatic nitrogens is 2. The average Bonchev–Trinajstić information content (AvgIpc) is 2.95. The summed E-state index contributed by atoms with van der Waals surface area (Å²) in [7, 11) is 1.81. The summed E-state index contributed by atoms with van der Waals surface area (Å²) in [6.07, 6.45) is -4.33. The molecule has 0 aliphatic heterocycles. The molecule has 0 bridgehead atoms. The second-order valence-corrected chi connectivity index (χ2v) is 6.43. The summed E-state index contributed by atoms with van der Waals surface area (Å²) in [4.78, 5) is 20.9. The number of halogens is 3. The summed E-state index contributed by atoms with van der Waals surface area (Å²) in [5, 5.41) is 1.81. The lowest BCUT2D eigenvalue weighted by Gasteiger charge is -2.16. The van der Waals surface area contributed by atoms with Gasteiger partial charge in [-0.2, -0.15) is 13.2 Å². The van der Waals surface area contributed by atoms with Crippen LogP contribution in [0.1, 0.15) is 17.0 Å². The van der Waals surface area contributed by atoms with Crippen LogP contribution >= 0.6 is 11.3 Å². The molecule has 4 nitrogen and oxygen atoms in total. The quantitative estimate of drug-likeness (QED) is 0.779. The molecule has 1 N–H and O–H groups in total. The first kappa shape index (κ1) is 16.7. The SMILES string of the molecule is CN(Cc1ccc(C(F)(F)F)cc1)Cc1nc2ccsc2c(=O)[nH]1. The number of hydrogen-bond acceptors (Lipinski definition) is 4. The molecule has 0 saturated heterocycles. The summed E-state index contributed by atoms with van der Waals surface area (Å²) in [5.74, 6) is 0.528. The van der Waals surface area contributed by atoms with Crippen LogP contribution in [0.25, 0.3) is 10.2 Å². The van der Waals surface area contributed by atoms with Crippen LogP contribution < -0.4 is 5.56 Å². The highest BCUT2D eigenvalue weighted by Crippen LogP contribution is 2.29. The first-order chi connectivity index (χ1) is 11.3. The number of fused-ring (bicyclic) bond motifs is 1. The fraction of sp³-hybridized carbons (Fsp3) is 0.250. The highest BCUT2D eigenvalue weighted by Gasteiger charge is 2.29. The Bertz CT molecular complexity index is 899. The highest BCUT2D eigenvalue weighted by molar-refractivity contribution is 7.17. The predicted octanol–water partition coefficient (Wildman–Crippen LogP) is 3.64. The van der Waals surface area contributed by atoms with Crippen LogP contribution in [-0.2, 0) is 19.3 Å².